The summed E-state index contributed by atoms with van der Waals surface area (Å²) in [7, 11) is 0. The van der Waals surface area contributed by atoms with Crippen molar-refractivity contribution in [3.63, 3.8) is 0 Å². The van der Waals surface area contributed by atoms with Crippen molar-refractivity contribution in [2.75, 3.05) is 19.6 Å². The molecule has 1 aliphatic heterocycles. The van der Waals surface area contributed by atoms with Crippen molar-refractivity contribution >= 4 is 0 Å². The fourth-order valence-electron chi connectivity index (χ4n) is 3.17. The lowest BCUT2D eigenvalue weighted by Gasteiger charge is -2.47. The molecule has 2 unspecified atom stereocenters. The van der Waals surface area contributed by atoms with Crippen molar-refractivity contribution in [3.05, 3.63) is 0 Å². The summed E-state index contributed by atoms with van der Waals surface area (Å²) < 4.78 is 0. The average Bonchev–Trinajstić information content (AvgIpc) is 2.17. The highest BCUT2D eigenvalue weighted by Crippen LogP contribution is 2.44. The third-order valence-electron chi connectivity index (χ3n) is 4.78. The van der Waals surface area contributed by atoms with Crippen LogP contribution in [0.5, 0.6) is 0 Å². The van der Waals surface area contributed by atoms with Gasteiger partial charge in [-0.25, -0.2) is 0 Å². The fraction of sp³-hybridized carbons (Fsp3) is 1.00. The number of hydrogen-bond donors (Lipinski definition) is 1. The van der Waals surface area contributed by atoms with E-state index in [4.69, 9.17) is 5.73 Å². The van der Waals surface area contributed by atoms with Crippen molar-refractivity contribution in [2.45, 2.75) is 52.0 Å². The molecule has 2 N–H and O–H groups in total. The van der Waals surface area contributed by atoms with Gasteiger partial charge in [0.25, 0.3) is 0 Å². The molecule has 1 saturated heterocycles. The molecular formula is C13H26N2. The summed E-state index contributed by atoms with van der Waals surface area (Å²) in [5.41, 5.74) is 6.74. The van der Waals surface area contributed by atoms with Gasteiger partial charge in [0.2, 0.25) is 0 Å². The number of nitrogens with two attached hydrogens (primary N) is 1. The van der Waals surface area contributed by atoms with E-state index >= 15 is 0 Å². The average molecular weight is 210 g/mol. The Morgan fingerprint density at radius 3 is 2.60 bits per heavy atom. The van der Waals surface area contributed by atoms with Crippen molar-refractivity contribution in [2.24, 2.45) is 17.1 Å². The number of piperidine rings is 1. The van der Waals surface area contributed by atoms with Gasteiger partial charge in [-0.1, -0.05) is 20.3 Å². The Labute approximate surface area is 94.2 Å². The molecule has 1 heterocycles. The summed E-state index contributed by atoms with van der Waals surface area (Å²) >= 11 is 0. The van der Waals surface area contributed by atoms with Crippen molar-refractivity contribution in [1.29, 1.82) is 0 Å². The predicted octanol–water partition coefficient (Wildman–Crippen LogP) is 2.24. The molecule has 2 fully saturated rings. The van der Waals surface area contributed by atoms with Crippen LogP contribution in [0.3, 0.4) is 0 Å². The van der Waals surface area contributed by atoms with E-state index in [1.807, 2.05) is 0 Å². The topological polar surface area (TPSA) is 29.3 Å². The normalized spacial score (nSPS) is 36.2. The van der Waals surface area contributed by atoms with E-state index in [1.54, 1.807) is 0 Å². The first-order valence-corrected chi connectivity index (χ1v) is 6.63. The predicted molar refractivity (Wildman–Crippen MR) is 64.8 cm³/mol. The zero-order valence-corrected chi connectivity index (χ0v) is 10.3. The second-order valence-electron chi connectivity index (χ2n) is 5.87. The van der Waals surface area contributed by atoms with E-state index in [2.05, 4.69) is 18.7 Å². The van der Waals surface area contributed by atoms with E-state index in [9.17, 15) is 0 Å². The van der Waals surface area contributed by atoms with Gasteiger partial charge in [0.15, 0.2) is 0 Å². The van der Waals surface area contributed by atoms with Crippen LogP contribution in [0.15, 0.2) is 0 Å². The second kappa shape index (κ2) is 4.42. The summed E-state index contributed by atoms with van der Waals surface area (Å²) in [5.74, 6) is 0.688. The van der Waals surface area contributed by atoms with Crippen LogP contribution in [0.25, 0.3) is 0 Å². The van der Waals surface area contributed by atoms with Gasteiger partial charge in [0.1, 0.15) is 0 Å². The van der Waals surface area contributed by atoms with Crippen LogP contribution in [0, 0.1) is 11.3 Å². The highest BCUT2D eigenvalue weighted by Gasteiger charge is 2.37. The third-order valence-corrected chi connectivity index (χ3v) is 4.78. The van der Waals surface area contributed by atoms with Crippen molar-refractivity contribution in [1.82, 2.24) is 4.90 Å². The van der Waals surface area contributed by atoms with Crippen LogP contribution in [0.1, 0.15) is 46.0 Å². The lowest BCUT2D eigenvalue weighted by Crippen LogP contribution is -2.50. The van der Waals surface area contributed by atoms with Gasteiger partial charge < -0.3 is 10.6 Å². The Morgan fingerprint density at radius 2 is 2.13 bits per heavy atom. The Hall–Kier alpha value is -0.0800. The largest absolute Gasteiger partial charge is 0.327 e. The number of likely N-dealkylation sites (tertiary alicyclic amines) is 1. The molecule has 2 atom stereocenters. The molecule has 1 aliphatic carbocycles. The summed E-state index contributed by atoms with van der Waals surface area (Å²) in [6.07, 6.45) is 6.93. The molecule has 15 heavy (non-hydrogen) atoms. The van der Waals surface area contributed by atoms with E-state index in [-0.39, 0.29) is 0 Å². The quantitative estimate of drug-likeness (QED) is 0.774. The molecular weight excluding hydrogens is 184 g/mol. The van der Waals surface area contributed by atoms with Crippen molar-refractivity contribution in [3.8, 4) is 0 Å². The van der Waals surface area contributed by atoms with E-state index < -0.39 is 0 Å². The van der Waals surface area contributed by atoms with Crippen LogP contribution in [0.4, 0.5) is 0 Å². The van der Waals surface area contributed by atoms with Gasteiger partial charge in [0.05, 0.1) is 0 Å². The molecule has 0 radical (unpaired) electrons. The van der Waals surface area contributed by atoms with Crippen LogP contribution in [-0.2, 0) is 0 Å². The van der Waals surface area contributed by atoms with E-state index in [0.29, 0.717) is 17.4 Å². The molecule has 0 spiro atoms. The minimum Gasteiger partial charge on any atom is -0.327 e. The summed E-state index contributed by atoms with van der Waals surface area (Å²) in [6, 6.07) is 0.445. The number of hydrogen-bond acceptors (Lipinski definition) is 2. The maximum atomic E-state index is 6.06. The zero-order valence-electron chi connectivity index (χ0n) is 10.3. The lowest BCUT2D eigenvalue weighted by molar-refractivity contribution is 0.0389. The molecule has 2 aliphatic rings. The summed E-state index contributed by atoms with van der Waals surface area (Å²) in [6.45, 7) is 8.45. The highest BCUT2D eigenvalue weighted by atomic mass is 15.1. The van der Waals surface area contributed by atoms with Crippen LogP contribution in [0.2, 0.25) is 0 Å². The van der Waals surface area contributed by atoms with Gasteiger partial charge in [0, 0.05) is 19.1 Å². The molecule has 0 bridgehead atoms. The molecule has 0 aromatic heterocycles. The fourth-order valence-corrected chi connectivity index (χ4v) is 3.17. The maximum absolute atomic E-state index is 6.06. The Bertz CT molecular complexity index is 205. The SMILES string of the molecule is CCC1(CN2CCC(N)C(C)C2)CCC1. The first kappa shape index (κ1) is 11.4. The van der Waals surface area contributed by atoms with Crippen LogP contribution >= 0.6 is 0 Å². The van der Waals surface area contributed by atoms with Gasteiger partial charge >= 0.3 is 0 Å². The lowest BCUT2D eigenvalue weighted by atomic mass is 9.66. The molecule has 0 aromatic rings. The first-order chi connectivity index (χ1) is 7.15. The van der Waals surface area contributed by atoms with Gasteiger partial charge in [-0.15, -0.1) is 0 Å². The minimum atomic E-state index is 0.445. The molecule has 88 valence electrons. The number of rotatable bonds is 3. The van der Waals surface area contributed by atoms with Crippen LogP contribution in [-0.4, -0.2) is 30.6 Å². The Morgan fingerprint density at radius 1 is 1.40 bits per heavy atom. The Kier molecular flexibility index (Phi) is 3.36. The maximum Gasteiger partial charge on any atom is 0.00889 e. The molecule has 1 saturated carbocycles. The second-order valence-corrected chi connectivity index (χ2v) is 5.87. The van der Waals surface area contributed by atoms with Gasteiger partial charge in [-0.3, -0.25) is 0 Å². The minimum absolute atomic E-state index is 0.445. The van der Waals surface area contributed by atoms with Crippen LogP contribution < -0.4 is 5.73 Å². The Balaban J connectivity index is 1.84. The smallest absolute Gasteiger partial charge is 0.00889 e. The standard InChI is InChI=1S/C13H26N2/c1-3-13(6-4-7-13)10-15-8-5-12(14)11(2)9-15/h11-12H,3-10,14H2,1-2H3. The molecule has 2 rings (SSSR count). The molecule has 0 aromatic carbocycles. The summed E-state index contributed by atoms with van der Waals surface area (Å²) in [5, 5.41) is 0. The molecule has 0 amide bonds. The summed E-state index contributed by atoms with van der Waals surface area (Å²) in [4.78, 5) is 2.66. The van der Waals surface area contributed by atoms with Crippen molar-refractivity contribution < 1.29 is 0 Å². The highest BCUT2D eigenvalue weighted by molar-refractivity contribution is 4.91. The van der Waals surface area contributed by atoms with E-state index in [0.717, 1.165) is 0 Å². The van der Waals surface area contributed by atoms with E-state index in [1.165, 1.54) is 51.7 Å². The van der Waals surface area contributed by atoms with Gasteiger partial charge in [-0.2, -0.15) is 0 Å². The number of nitrogens with zero attached hydrogens (tertiary/aromatic N) is 1. The van der Waals surface area contributed by atoms with Gasteiger partial charge in [-0.05, 0) is 43.6 Å². The monoisotopic (exact) mass is 210 g/mol. The molecule has 2 nitrogen and oxygen atoms in total. The third kappa shape index (κ3) is 2.36. The molecule has 2 heteroatoms. The first-order valence-electron chi connectivity index (χ1n) is 6.63. The zero-order chi connectivity index (χ0) is 10.9.